The van der Waals surface area contributed by atoms with Crippen molar-refractivity contribution in [2.75, 3.05) is 23.7 Å². The molecular formula is C19H15F3N4O6S. The first-order valence-electron chi connectivity index (χ1n) is 9.42. The quantitative estimate of drug-likeness (QED) is 0.573. The Bertz CT molecular complexity index is 1280. The Hall–Kier alpha value is -3.81. The van der Waals surface area contributed by atoms with Gasteiger partial charge >= 0.3 is 12.1 Å². The Kier molecular flexibility index (Phi) is 5.40. The van der Waals surface area contributed by atoms with Crippen LogP contribution in [0.5, 0.6) is 0 Å². The molecule has 0 unspecified atom stereocenters. The molecule has 1 saturated heterocycles. The van der Waals surface area contributed by atoms with E-state index < -0.39 is 62.1 Å². The highest BCUT2D eigenvalue weighted by Gasteiger charge is 2.44. The lowest BCUT2D eigenvalue weighted by Gasteiger charge is -2.33. The van der Waals surface area contributed by atoms with Crippen LogP contribution in [0.1, 0.15) is 16.8 Å². The van der Waals surface area contributed by atoms with Gasteiger partial charge in [0, 0.05) is 36.5 Å². The molecule has 1 fully saturated rings. The molecule has 10 nitrogen and oxygen atoms in total. The molecule has 2 aliphatic rings. The van der Waals surface area contributed by atoms with Crippen molar-refractivity contribution in [1.82, 2.24) is 9.21 Å². The fourth-order valence-corrected chi connectivity index (χ4v) is 5.38. The lowest BCUT2D eigenvalue weighted by Crippen LogP contribution is -2.50. The largest absolute Gasteiger partial charge is 0.465 e. The first-order chi connectivity index (χ1) is 15.5. The maximum Gasteiger partial charge on any atom is 0.407 e. The number of nitrogens with zero attached hydrogens (tertiary/aromatic N) is 2. The summed E-state index contributed by atoms with van der Waals surface area (Å²) in [6.45, 7) is -0.168. The van der Waals surface area contributed by atoms with E-state index in [0.29, 0.717) is 16.4 Å². The lowest BCUT2D eigenvalue weighted by atomic mass is 10.1. The van der Waals surface area contributed by atoms with Gasteiger partial charge < -0.3 is 20.6 Å². The summed E-state index contributed by atoms with van der Waals surface area (Å²) in [5.41, 5.74) is -0.719. The van der Waals surface area contributed by atoms with Crippen molar-refractivity contribution < 1.29 is 41.1 Å². The van der Waals surface area contributed by atoms with Crippen molar-refractivity contribution in [2.45, 2.75) is 17.4 Å². The van der Waals surface area contributed by atoms with E-state index in [-0.39, 0.29) is 30.8 Å². The van der Waals surface area contributed by atoms with E-state index >= 15 is 0 Å². The fourth-order valence-electron chi connectivity index (χ4n) is 3.67. The summed E-state index contributed by atoms with van der Waals surface area (Å²) in [6, 6.07) is 2.52. The normalized spacial score (nSPS) is 19.1. The number of carbonyl (C=O) groups is 3. The number of anilines is 2. The van der Waals surface area contributed by atoms with E-state index in [9.17, 15) is 36.0 Å². The van der Waals surface area contributed by atoms with Crippen LogP contribution < -0.4 is 10.6 Å². The van der Waals surface area contributed by atoms with E-state index in [4.69, 9.17) is 5.11 Å². The number of urea groups is 1. The summed E-state index contributed by atoms with van der Waals surface area (Å²) >= 11 is 0. The number of rotatable bonds is 3. The standard InChI is InChI=1S/C19H15F3N4O6S/c20-12-6-10(7-13(21)16(12)22)23-17(27)9-1-2-14-15(5-9)33(31,32)26(18(28)24-14)11-3-4-25(8-11)19(29)30/h1-2,5-7,11H,3-4,8H2,(H,23,27)(H,24,28)(H,29,30)/t11-/m0/s1. The first-order valence-corrected chi connectivity index (χ1v) is 10.9. The van der Waals surface area contributed by atoms with Crippen LogP contribution in [-0.4, -0.2) is 59.9 Å². The molecule has 0 saturated carbocycles. The number of carbonyl (C=O) groups excluding carboxylic acids is 2. The number of halogens is 3. The summed E-state index contributed by atoms with van der Waals surface area (Å²) in [5, 5.41) is 13.6. The zero-order chi connectivity index (χ0) is 24.1. The number of likely N-dealkylation sites (tertiary alicyclic amines) is 1. The molecule has 14 heteroatoms. The number of hydrogen-bond acceptors (Lipinski definition) is 5. The van der Waals surface area contributed by atoms with Crippen LogP contribution in [0.15, 0.2) is 35.2 Å². The number of hydrogen-bond donors (Lipinski definition) is 3. The SMILES string of the molecule is O=C(Nc1cc(F)c(F)c(F)c1)c1ccc2c(c1)S(=O)(=O)N([C@H]1CCN(C(=O)O)C1)C(=O)N2. The Morgan fingerprint density at radius 2 is 1.79 bits per heavy atom. The molecule has 2 heterocycles. The maximum atomic E-state index is 13.4. The zero-order valence-corrected chi connectivity index (χ0v) is 17.3. The zero-order valence-electron chi connectivity index (χ0n) is 16.5. The highest BCUT2D eigenvalue weighted by atomic mass is 32.2. The molecule has 0 bridgehead atoms. The van der Waals surface area contributed by atoms with Gasteiger partial charge in [-0.3, -0.25) is 4.79 Å². The Morgan fingerprint density at radius 3 is 2.39 bits per heavy atom. The van der Waals surface area contributed by atoms with Crippen molar-refractivity contribution >= 4 is 39.4 Å². The smallest absolute Gasteiger partial charge is 0.407 e. The first kappa shape index (κ1) is 22.4. The van der Waals surface area contributed by atoms with Gasteiger partial charge in [-0.15, -0.1) is 0 Å². The van der Waals surface area contributed by atoms with Gasteiger partial charge in [0.25, 0.3) is 15.9 Å². The number of amides is 4. The van der Waals surface area contributed by atoms with E-state index in [1.54, 1.807) is 0 Å². The van der Waals surface area contributed by atoms with Crippen molar-refractivity contribution in [3.8, 4) is 0 Å². The van der Waals surface area contributed by atoms with Crippen molar-refractivity contribution in [1.29, 1.82) is 0 Å². The minimum absolute atomic E-state index is 0.0411. The van der Waals surface area contributed by atoms with E-state index in [2.05, 4.69) is 10.6 Å². The topological polar surface area (TPSA) is 136 Å². The number of benzene rings is 2. The third-order valence-electron chi connectivity index (χ3n) is 5.23. The molecule has 2 aliphatic heterocycles. The molecule has 2 aromatic rings. The van der Waals surface area contributed by atoms with Crippen LogP contribution in [0.3, 0.4) is 0 Å². The van der Waals surface area contributed by atoms with E-state index in [0.717, 1.165) is 11.0 Å². The maximum absolute atomic E-state index is 13.4. The molecule has 4 amide bonds. The summed E-state index contributed by atoms with van der Waals surface area (Å²) < 4.78 is 66.8. The highest BCUT2D eigenvalue weighted by Crippen LogP contribution is 2.34. The average molecular weight is 484 g/mol. The molecule has 1 atom stereocenters. The Labute approximate surface area is 184 Å². The minimum atomic E-state index is -4.46. The van der Waals surface area contributed by atoms with Crippen LogP contribution in [0, 0.1) is 17.5 Å². The monoisotopic (exact) mass is 484 g/mol. The summed E-state index contributed by atoms with van der Waals surface area (Å²) in [6.07, 6.45) is -1.16. The Balaban J connectivity index is 1.63. The van der Waals surface area contributed by atoms with E-state index in [1.165, 1.54) is 12.1 Å². The molecule has 0 aromatic heterocycles. The van der Waals surface area contributed by atoms with Crippen LogP contribution in [-0.2, 0) is 10.0 Å². The molecule has 2 aromatic carbocycles. The average Bonchev–Trinajstić information content (AvgIpc) is 3.21. The van der Waals surface area contributed by atoms with Gasteiger partial charge in [0.2, 0.25) is 0 Å². The van der Waals surface area contributed by atoms with Crippen molar-refractivity contribution in [3.63, 3.8) is 0 Å². The minimum Gasteiger partial charge on any atom is -0.465 e. The molecule has 0 spiro atoms. The second-order valence-corrected chi connectivity index (χ2v) is 9.10. The third kappa shape index (κ3) is 3.92. The molecule has 4 rings (SSSR count). The van der Waals surface area contributed by atoms with Crippen LogP contribution in [0.2, 0.25) is 0 Å². The second-order valence-electron chi connectivity index (χ2n) is 7.32. The van der Waals surface area contributed by atoms with Gasteiger partial charge in [-0.2, -0.15) is 0 Å². The molecule has 174 valence electrons. The predicted molar refractivity (Wildman–Crippen MR) is 107 cm³/mol. The van der Waals surface area contributed by atoms with Gasteiger partial charge in [0.1, 0.15) is 4.90 Å². The summed E-state index contributed by atoms with van der Waals surface area (Å²) in [7, 11) is -4.46. The molecule has 33 heavy (non-hydrogen) atoms. The summed E-state index contributed by atoms with van der Waals surface area (Å²) in [4.78, 5) is 36.7. The van der Waals surface area contributed by atoms with Crippen molar-refractivity contribution in [3.05, 3.63) is 53.3 Å². The number of carboxylic acid groups (broad SMARTS) is 1. The number of nitrogens with one attached hydrogen (secondary N) is 2. The summed E-state index contributed by atoms with van der Waals surface area (Å²) in [5.74, 6) is -5.70. The third-order valence-corrected chi connectivity index (χ3v) is 7.11. The molecule has 0 aliphatic carbocycles. The van der Waals surface area contributed by atoms with Gasteiger partial charge in [0.05, 0.1) is 11.7 Å². The highest BCUT2D eigenvalue weighted by molar-refractivity contribution is 7.90. The van der Waals surface area contributed by atoms with E-state index in [1.807, 2.05) is 0 Å². The van der Waals surface area contributed by atoms with Gasteiger partial charge in [-0.25, -0.2) is 35.5 Å². The van der Waals surface area contributed by atoms with Gasteiger partial charge in [-0.1, -0.05) is 0 Å². The molecule has 3 N–H and O–H groups in total. The lowest BCUT2D eigenvalue weighted by molar-refractivity contribution is 0.102. The molecular weight excluding hydrogens is 469 g/mol. The second kappa shape index (κ2) is 7.95. The van der Waals surface area contributed by atoms with Gasteiger partial charge in [0.15, 0.2) is 17.5 Å². The number of sulfonamides is 1. The fraction of sp³-hybridized carbons (Fsp3) is 0.211. The number of fused-ring (bicyclic) bond motifs is 1. The Morgan fingerprint density at radius 1 is 1.12 bits per heavy atom. The van der Waals surface area contributed by atoms with Crippen molar-refractivity contribution in [2.24, 2.45) is 0 Å². The van der Waals surface area contributed by atoms with Crippen LogP contribution in [0.25, 0.3) is 0 Å². The predicted octanol–water partition coefficient (Wildman–Crippen LogP) is 2.64. The van der Waals surface area contributed by atoms with Crippen LogP contribution in [0.4, 0.5) is 34.1 Å². The van der Waals surface area contributed by atoms with Gasteiger partial charge in [-0.05, 0) is 24.6 Å². The molecule has 0 radical (unpaired) electrons. The van der Waals surface area contributed by atoms with Crippen LogP contribution >= 0.6 is 0 Å².